The van der Waals surface area contributed by atoms with Crippen molar-refractivity contribution >= 4 is 11.8 Å². The van der Waals surface area contributed by atoms with E-state index in [0.29, 0.717) is 6.54 Å². The smallest absolute Gasteiger partial charge is 0.311 e. The van der Waals surface area contributed by atoms with Crippen molar-refractivity contribution in [2.24, 2.45) is 5.92 Å². The third-order valence-electron chi connectivity index (χ3n) is 3.33. The molecule has 1 saturated heterocycles. The van der Waals surface area contributed by atoms with E-state index in [0.717, 1.165) is 0 Å². The lowest BCUT2D eigenvalue weighted by Gasteiger charge is -2.30. The molecule has 1 aliphatic rings. The molecule has 0 aromatic carbocycles. The Kier molecular flexibility index (Phi) is 3.94. The zero-order chi connectivity index (χ0) is 14.0. The highest BCUT2D eigenvalue weighted by Crippen LogP contribution is 2.26. The van der Waals surface area contributed by atoms with Crippen molar-refractivity contribution in [3.63, 3.8) is 0 Å². The lowest BCUT2D eigenvalue weighted by atomic mass is 10.0. The van der Waals surface area contributed by atoms with Gasteiger partial charge in [0.1, 0.15) is 12.2 Å². The van der Waals surface area contributed by atoms with Gasteiger partial charge in [-0.2, -0.15) is 0 Å². The minimum Gasteiger partial charge on any atom is -0.481 e. The van der Waals surface area contributed by atoms with Gasteiger partial charge >= 0.3 is 5.97 Å². The van der Waals surface area contributed by atoms with Crippen LogP contribution in [0.3, 0.4) is 0 Å². The van der Waals surface area contributed by atoms with Gasteiger partial charge in [0, 0.05) is 6.54 Å². The van der Waals surface area contributed by atoms with Gasteiger partial charge < -0.3 is 14.7 Å². The van der Waals surface area contributed by atoms with Gasteiger partial charge in [-0.25, -0.2) is 14.4 Å². The van der Waals surface area contributed by atoms with Crippen LogP contribution >= 0.6 is 0 Å². The van der Waals surface area contributed by atoms with Crippen LogP contribution in [0.25, 0.3) is 0 Å². The van der Waals surface area contributed by atoms with E-state index in [1.165, 1.54) is 6.33 Å². The van der Waals surface area contributed by atoms with Crippen molar-refractivity contribution in [2.75, 3.05) is 24.7 Å². The molecule has 0 bridgehead atoms. The number of nitrogens with zero attached hydrogens (tertiary/aromatic N) is 3. The maximum atomic E-state index is 14.1. The summed E-state index contributed by atoms with van der Waals surface area (Å²) in [5, 5.41) is 9.17. The van der Waals surface area contributed by atoms with E-state index in [4.69, 9.17) is 9.84 Å². The Hall–Kier alpha value is -1.76. The largest absolute Gasteiger partial charge is 0.481 e. The molecule has 2 rings (SSSR count). The topological polar surface area (TPSA) is 75.5 Å². The summed E-state index contributed by atoms with van der Waals surface area (Å²) in [5.74, 6) is -1.99. The normalized spacial score (nSPS) is 22.5. The van der Waals surface area contributed by atoms with Gasteiger partial charge in [0.05, 0.1) is 24.9 Å². The van der Waals surface area contributed by atoms with Crippen LogP contribution in [0.4, 0.5) is 10.2 Å². The van der Waals surface area contributed by atoms with E-state index >= 15 is 0 Å². The van der Waals surface area contributed by atoms with E-state index in [9.17, 15) is 9.18 Å². The number of carbonyl (C=O) groups is 1. The number of ether oxygens (including phenoxy) is 1. The highest BCUT2D eigenvalue weighted by Gasteiger charge is 2.39. The van der Waals surface area contributed by atoms with Gasteiger partial charge in [-0.15, -0.1) is 0 Å². The summed E-state index contributed by atoms with van der Waals surface area (Å²) in [6, 6.07) is -0.411. The van der Waals surface area contributed by atoms with Gasteiger partial charge in [-0.05, 0) is 13.8 Å². The Morgan fingerprint density at radius 2 is 2.32 bits per heavy atom. The number of rotatable bonds is 4. The maximum absolute atomic E-state index is 14.1. The lowest BCUT2D eigenvalue weighted by Crippen LogP contribution is -2.44. The predicted octanol–water partition coefficient (Wildman–Crippen LogP) is 0.850. The molecule has 1 aromatic rings. The molecule has 0 saturated carbocycles. The first-order chi connectivity index (χ1) is 9.06. The molecule has 0 spiro atoms. The van der Waals surface area contributed by atoms with Crippen molar-refractivity contribution in [3.05, 3.63) is 17.8 Å². The van der Waals surface area contributed by atoms with Gasteiger partial charge in [0.15, 0.2) is 11.6 Å². The van der Waals surface area contributed by atoms with Crippen molar-refractivity contribution in [2.45, 2.75) is 19.9 Å². The first-order valence-corrected chi connectivity index (χ1v) is 6.10. The highest BCUT2D eigenvalue weighted by atomic mass is 19.1. The molecule has 1 aromatic heterocycles. The van der Waals surface area contributed by atoms with Crippen LogP contribution in [0.5, 0.6) is 0 Å². The standard InChI is InChI=1S/C12H16FN3O3/c1-3-16(9-5-19-4-8(9)12(17)18)11-10(13)7(2)14-6-15-11/h6,8-9H,3-5H2,1-2H3,(H,17,18). The average molecular weight is 269 g/mol. The zero-order valence-corrected chi connectivity index (χ0v) is 10.8. The fourth-order valence-electron chi connectivity index (χ4n) is 2.27. The van der Waals surface area contributed by atoms with E-state index in [-0.39, 0.29) is 24.7 Å². The molecule has 1 aliphatic heterocycles. The second-order valence-electron chi connectivity index (χ2n) is 4.43. The first kappa shape index (κ1) is 13.7. The molecule has 104 valence electrons. The molecule has 2 atom stereocenters. The number of aryl methyl sites for hydroxylation is 1. The van der Waals surface area contributed by atoms with E-state index in [2.05, 4.69) is 9.97 Å². The van der Waals surface area contributed by atoms with Crippen LogP contribution in [-0.2, 0) is 9.53 Å². The molecule has 0 amide bonds. The van der Waals surface area contributed by atoms with Gasteiger partial charge in [-0.3, -0.25) is 4.79 Å². The van der Waals surface area contributed by atoms with Crippen LogP contribution < -0.4 is 4.90 Å². The molecule has 1 fully saturated rings. The number of carboxylic acids is 1. The van der Waals surface area contributed by atoms with Crippen LogP contribution in [0.15, 0.2) is 6.33 Å². The number of aliphatic carboxylic acids is 1. The monoisotopic (exact) mass is 269 g/mol. The SMILES string of the molecule is CCN(c1ncnc(C)c1F)C1COCC1C(=O)O. The fraction of sp³-hybridized carbons (Fsp3) is 0.583. The quantitative estimate of drug-likeness (QED) is 0.873. The van der Waals surface area contributed by atoms with E-state index in [1.807, 2.05) is 6.92 Å². The van der Waals surface area contributed by atoms with Gasteiger partial charge in [0.25, 0.3) is 0 Å². The molecule has 6 nitrogen and oxygen atoms in total. The molecule has 0 radical (unpaired) electrons. The number of halogens is 1. The van der Waals surface area contributed by atoms with Crippen molar-refractivity contribution in [1.82, 2.24) is 9.97 Å². The molecule has 7 heteroatoms. The number of hydrogen-bond donors (Lipinski definition) is 1. The second-order valence-corrected chi connectivity index (χ2v) is 4.43. The number of aromatic nitrogens is 2. The minimum absolute atomic E-state index is 0.136. The summed E-state index contributed by atoms with van der Waals surface area (Å²) in [6.07, 6.45) is 1.28. The fourth-order valence-corrected chi connectivity index (χ4v) is 2.27. The number of carboxylic acid groups (broad SMARTS) is 1. The lowest BCUT2D eigenvalue weighted by molar-refractivity contribution is -0.141. The third kappa shape index (κ3) is 2.51. The Balaban J connectivity index is 2.34. The van der Waals surface area contributed by atoms with Crippen LogP contribution in [0.1, 0.15) is 12.6 Å². The summed E-state index contributed by atoms with van der Waals surface area (Å²) in [7, 11) is 0. The van der Waals surface area contributed by atoms with Crippen molar-refractivity contribution in [3.8, 4) is 0 Å². The zero-order valence-electron chi connectivity index (χ0n) is 10.8. The molecular formula is C12H16FN3O3. The summed E-state index contributed by atoms with van der Waals surface area (Å²) in [5.41, 5.74) is 0.245. The minimum atomic E-state index is -0.938. The number of anilines is 1. The summed E-state index contributed by atoms with van der Waals surface area (Å²) >= 11 is 0. The molecular weight excluding hydrogens is 253 g/mol. The predicted molar refractivity (Wildman–Crippen MR) is 65.5 cm³/mol. The second kappa shape index (κ2) is 5.48. The van der Waals surface area contributed by atoms with E-state index in [1.54, 1.807) is 11.8 Å². The van der Waals surface area contributed by atoms with Gasteiger partial charge in [-0.1, -0.05) is 0 Å². The summed E-state index contributed by atoms with van der Waals surface area (Å²) < 4.78 is 19.3. The van der Waals surface area contributed by atoms with Crippen molar-refractivity contribution in [1.29, 1.82) is 0 Å². The maximum Gasteiger partial charge on any atom is 0.311 e. The molecule has 2 unspecified atom stereocenters. The average Bonchev–Trinajstić information content (AvgIpc) is 2.85. The van der Waals surface area contributed by atoms with Crippen LogP contribution in [0, 0.1) is 18.7 Å². The number of likely N-dealkylation sites (N-methyl/N-ethyl adjacent to an activating group) is 1. The van der Waals surface area contributed by atoms with Gasteiger partial charge in [0.2, 0.25) is 0 Å². The molecule has 2 heterocycles. The Labute approximate surface area is 110 Å². The van der Waals surface area contributed by atoms with Crippen LogP contribution in [-0.4, -0.2) is 46.8 Å². The highest BCUT2D eigenvalue weighted by molar-refractivity contribution is 5.72. The number of hydrogen-bond acceptors (Lipinski definition) is 5. The Morgan fingerprint density at radius 3 is 2.95 bits per heavy atom. The Morgan fingerprint density at radius 1 is 1.58 bits per heavy atom. The summed E-state index contributed by atoms with van der Waals surface area (Å²) in [6.45, 7) is 4.23. The van der Waals surface area contributed by atoms with E-state index < -0.39 is 23.7 Å². The molecule has 1 N–H and O–H groups in total. The molecule has 19 heavy (non-hydrogen) atoms. The van der Waals surface area contributed by atoms with Crippen molar-refractivity contribution < 1.29 is 19.0 Å². The Bertz CT molecular complexity index is 483. The third-order valence-corrected chi connectivity index (χ3v) is 3.33. The van der Waals surface area contributed by atoms with Crippen LogP contribution in [0.2, 0.25) is 0 Å². The first-order valence-electron chi connectivity index (χ1n) is 6.10. The molecule has 0 aliphatic carbocycles. The summed E-state index contributed by atoms with van der Waals surface area (Å²) in [4.78, 5) is 20.5.